The van der Waals surface area contributed by atoms with Crippen LogP contribution in [0.4, 0.5) is 0 Å². The minimum Gasteiger partial charge on any atom is -0.391 e. The number of allylic oxidation sites excluding steroid dienone is 6. The van der Waals surface area contributed by atoms with Gasteiger partial charge in [-0.05, 0) is 51.4 Å². The van der Waals surface area contributed by atoms with Crippen molar-refractivity contribution in [1.29, 1.82) is 0 Å². The van der Waals surface area contributed by atoms with E-state index in [0.29, 0.717) is 23.9 Å². The van der Waals surface area contributed by atoms with Gasteiger partial charge in [-0.25, -0.2) is 4.57 Å². The number of rotatable bonds is 53. The Hall–Kier alpha value is -1.28. The number of carbonyl (C=O) groups is 1. The first kappa shape index (κ1) is 65.7. The van der Waals surface area contributed by atoms with Crippen LogP contribution in [0, 0.1) is 0 Å². The smallest absolute Gasteiger partial charge is 0.391 e. The maximum atomic E-state index is 12.8. The minimum atomic E-state index is -4.29. The molecule has 0 saturated carbocycles. The summed E-state index contributed by atoms with van der Waals surface area (Å²) < 4.78 is 23.4. The molecule has 0 bridgehead atoms. The van der Waals surface area contributed by atoms with E-state index in [0.717, 1.165) is 57.8 Å². The first-order valence-electron chi connectivity index (χ1n) is 28.9. The van der Waals surface area contributed by atoms with Crippen LogP contribution >= 0.6 is 7.82 Å². The summed E-state index contributed by atoms with van der Waals surface area (Å²) >= 11 is 0. The molecule has 1 amide bonds. The molecule has 0 fully saturated rings. The Morgan fingerprint density at radius 1 is 0.507 bits per heavy atom. The Kier molecular flexibility index (Phi) is 48.7. The second-order valence-electron chi connectivity index (χ2n) is 21.0. The molecule has 67 heavy (non-hydrogen) atoms. The summed E-state index contributed by atoms with van der Waals surface area (Å²) in [7, 11) is 1.62. The van der Waals surface area contributed by atoms with E-state index in [2.05, 4.69) is 55.6 Å². The second-order valence-corrected chi connectivity index (χ2v) is 22.5. The number of hydrogen-bond acceptors (Lipinski definition) is 5. The van der Waals surface area contributed by atoms with E-state index < -0.39 is 20.0 Å². The number of quaternary nitrogens is 1. The van der Waals surface area contributed by atoms with Crippen molar-refractivity contribution in [3.63, 3.8) is 0 Å². The molecule has 396 valence electrons. The van der Waals surface area contributed by atoms with E-state index in [1.54, 1.807) is 0 Å². The molecule has 0 aromatic heterocycles. The number of carbonyl (C=O) groups excluding carboxylic acids is 1. The van der Waals surface area contributed by atoms with Crippen LogP contribution in [0.1, 0.15) is 277 Å². The molecule has 3 unspecified atom stereocenters. The van der Waals surface area contributed by atoms with Crippen LogP contribution in [0.2, 0.25) is 0 Å². The minimum absolute atomic E-state index is 0.0752. The molecule has 0 aliphatic rings. The molecule has 0 rings (SSSR count). The molecule has 0 spiro atoms. The third-order valence-electron chi connectivity index (χ3n) is 13.1. The SMILES string of the molecule is CCCCCCC/C=C\C/C=C\C/C=C\CCCCCCCCCCCCCCCCCCCCCCCCCCCCC(=O)NC(COP(=O)(O)OCC[N+](C)(C)C)C(O)CCCCCC. The summed E-state index contributed by atoms with van der Waals surface area (Å²) in [6.07, 6.45) is 64.5. The number of nitrogens with zero attached hydrogens (tertiary/aromatic N) is 1. The third kappa shape index (κ3) is 52.4. The van der Waals surface area contributed by atoms with Gasteiger partial charge >= 0.3 is 7.82 Å². The molecular weight excluding hydrogens is 852 g/mol. The standard InChI is InChI=1S/C58H113N2O6P/c1-6-8-10-12-13-14-15-16-17-18-19-20-21-22-23-24-25-26-27-28-29-30-31-32-33-34-35-36-37-38-39-40-41-42-43-44-45-46-47-48-50-52-58(62)59-56(57(61)51-49-11-9-7-2)55-66-67(63,64)65-54-53-60(3,4)5/h15-16,18-19,21-22,56-57,61H,6-14,17,20,23-55H2,1-5H3,(H-,59,62,63,64)/p+1/b16-15-,19-18-,22-21-. The Bertz CT molecular complexity index is 1190. The Balaban J connectivity index is 3.61. The summed E-state index contributed by atoms with van der Waals surface area (Å²) in [5.41, 5.74) is 0. The molecule has 0 aromatic rings. The average Bonchev–Trinajstić information content (AvgIpc) is 3.29. The van der Waals surface area contributed by atoms with Crippen LogP contribution in [0.3, 0.4) is 0 Å². The number of unbranched alkanes of at least 4 members (excludes halogenated alkanes) is 34. The van der Waals surface area contributed by atoms with Gasteiger partial charge in [-0.2, -0.15) is 0 Å². The van der Waals surface area contributed by atoms with Crippen molar-refractivity contribution in [1.82, 2.24) is 5.32 Å². The topological polar surface area (TPSA) is 105 Å². The molecule has 0 aromatic carbocycles. The molecule has 8 nitrogen and oxygen atoms in total. The van der Waals surface area contributed by atoms with Gasteiger partial charge in [-0.3, -0.25) is 13.8 Å². The average molecular weight is 967 g/mol. The number of amides is 1. The van der Waals surface area contributed by atoms with Gasteiger partial charge in [0.15, 0.2) is 0 Å². The van der Waals surface area contributed by atoms with Crippen molar-refractivity contribution in [3.05, 3.63) is 36.5 Å². The van der Waals surface area contributed by atoms with Gasteiger partial charge < -0.3 is 19.8 Å². The second kappa shape index (κ2) is 49.7. The van der Waals surface area contributed by atoms with E-state index in [9.17, 15) is 19.4 Å². The Labute approximate surface area is 417 Å². The van der Waals surface area contributed by atoms with Gasteiger partial charge in [0.2, 0.25) is 5.91 Å². The number of phosphoric acid groups is 1. The molecular formula is C58H114N2O6P+. The van der Waals surface area contributed by atoms with Crippen LogP contribution in [0.25, 0.3) is 0 Å². The predicted molar refractivity (Wildman–Crippen MR) is 291 cm³/mol. The first-order valence-corrected chi connectivity index (χ1v) is 30.3. The lowest BCUT2D eigenvalue weighted by Crippen LogP contribution is -2.46. The van der Waals surface area contributed by atoms with Crippen molar-refractivity contribution < 1.29 is 32.9 Å². The lowest BCUT2D eigenvalue weighted by Gasteiger charge is -2.26. The molecule has 0 aliphatic heterocycles. The van der Waals surface area contributed by atoms with Gasteiger partial charge in [0.25, 0.3) is 0 Å². The van der Waals surface area contributed by atoms with E-state index in [4.69, 9.17) is 9.05 Å². The highest BCUT2D eigenvalue weighted by Gasteiger charge is 2.28. The zero-order chi connectivity index (χ0) is 49.2. The zero-order valence-corrected chi connectivity index (χ0v) is 46.0. The van der Waals surface area contributed by atoms with Crippen molar-refractivity contribution in [2.75, 3.05) is 40.9 Å². The molecule has 0 saturated heterocycles. The Morgan fingerprint density at radius 2 is 0.851 bits per heavy atom. The van der Waals surface area contributed by atoms with Crippen LogP contribution in [-0.4, -0.2) is 73.4 Å². The number of aliphatic hydroxyl groups is 1. The highest BCUT2D eigenvalue weighted by atomic mass is 31.2. The predicted octanol–water partition coefficient (Wildman–Crippen LogP) is 17.4. The highest BCUT2D eigenvalue weighted by molar-refractivity contribution is 7.47. The number of nitrogens with one attached hydrogen (secondary N) is 1. The molecule has 9 heteroatoms. The van der Waals surface area contributed by atoms with Gasteiger partial charge in [0.05, 0.1) is 39.9 Å². The maximum absolute atomic E-state index is 12.8. The summed E-state index contributed by atoms with van der Waals surface area (Å²) in [6, 6.07) is -0.753. The van der Waals surface area contributed by atoms with Crippen molar-refractivity contribution in [3.8, 4) is 0 Å². The molecule has 0 radical (unpaired) electrons. The Morgan fingerprint density at radius 3 is 1.24 bits per heavy atom. The van der Waals surface area contributed by atoms with Gasteiger partial charge in [-0.15, -0.1) is 0 Å². The summed E-state index contributed by atoms with van der Waals surface area (Å²) in [5.74, 6) is -0.149. The van der Waals surface area contributed by atoms with E-state index in [-0.39, 0.29) is 19.1 Å². The first-order chi connectivity index (χ1) is 32.5. The summed E-state index contributed by atoms with van der Waals surface area (Å²) in [4.78, 5) is 23.0. The van der Waals surface area contributed by atoms with E-state index in [1.165, 1.54) is 193 Å². The number of aliphatic hydroxyl groups excluding tert-OH is 1. The lowest BCUT2D eigenvalue weighted by molar-refractivity contribution is -0.870. The van der Waals surface area contributed by atoms with Gasteiger partial charge in [0.1, 0.15) is 13.2 Å². The lowest BCUT2D eigenvalue weighted by atomic mass is 10.0. The molecule has 3 N–H and O–H groups in total. The fourth-order valence-corrected chi connectivity index (χ4v) is 9.32. The number of likely N-dealkylation sites (N-methyl/N-ethyl adjacent to an activating group) is 1. The van der Waals surface area contributed by atoms with Crippen LogP contribution in [-0.2, 0) is 18.4 Å². The molecule has 0 aliphatic carbocycles. The monoisotopic (exact) mass is 966 g/mol. The normalized spacial score (nSPS) is 14.2. The zero-order valence-electron chi connectivity index (χ0n) is 45.2. The number of hydrogen-bond donors (Lipinski definition) is 3. The highest BCUT2D eigenvalue weighted by Crippen LogP contribution is 2.43. The van der Waals surface area contributed by atoms with Crippen molar-refractivity contribution >= 4 is 13.7 Å². The number of phosphoric ester groups is 1. The van der Waals surface area contributed by atoms with Gasteiger partial charge in [0, 0.05) is 6.42 Å². The molecule has 0 heterocycles. The third-order valence-corrected chi connectivity index (χ3v) is 14.1. The quantitative estimate of drug-likeness (QED) is 0.0243. The van der Waals surface area contributed by atoms with Crippen molar-refractivity contribution in [2.45, 2.75) is 289 Å². The largest absolute Gasteiger partial charge is 0.472 e. The van der Waals surface area contributed by atoms with Gasteiger partial charge in [-0.1, -0.05) is 256 Å². The van der Waals surface area contributed by atoms with Crippen molar-refractivity contribution in [2.24, 2.45) is 0 Å². The van der Waals surface area contributed by atoms with Crippen LogP contribution in [0.5, 0.6) is 0 Å². The summed E-state index contributed by atoms with van der Waals surface area (Å²) in [6.45, 7) is 4.77. The van der Waals surface area contributed by atoms with Crippen LogP contribution in [0.15, 0.2) is 36.5 Å². The fraction of sp³-hybridized carbons (Fsp3) is 0.879. The van der Waals surface area contributed by atoms with E-state index in [1.807, 2.05) is 21.1 Å². The summed E-state index contributed by atoms with van der Waals surface area (Å²) in [5, 5.41) is 13.7. The van der Waals surface area contributed by atoms with Crippen LogP contribution < -0.4 is 5.32 Å². The van der Waals surface area contributed by atoms with E-state index >= 15 is 0 Å². The molecule has 3 atom stereocenters. The fourth-order valence-electron chi connectivity index (χ4n) is 8.58. The maximum Gasteiger partial charge on any atom is 0.472 e.